The molecule has 0 amide bonds. The molecular weight excluding hydrogens is 224 g/mol. The van der Waals surface area contributed by atoms with E-state index in [9.17, 15) is 0 Å². The highest BCUT2D eigenvalue weighted by molar-refractivity contribution is 5.79. The van der Waals surface area contributed by atoms with Crippen molar-refractivity contribution in [2.24, 2.45) is 5.10 Å². The van der Waals surface area contributed by atoms with Crippen LogP contribution in [0, 0.1) is 22.7 Å². The van der Waals surface area contributed by atoms with E-state index in [4.69, 9.17) is 10.5 Å². The van der Waals surface area contributed by atoms with Crippen molar-refractivity contribution in [3.05, 3.63) is 47.7 Å². The van der Waals surface area contributed by atoms with Gasteiger partial charge >= 0.3 is 0 Å². The third kappa shape index (κ3) is 4.11. The quantitative estimate of drug-likeness (QED) is 0.460. The Hall–Kier alpha value is -2.59. The predicted octanol–water partition coefficient (Wildman–Crippen LogP) is 2.66. The molecule has 0 saturated heterocycles. The third-order valence-corrected chi connectivity index (χ3v) is 2.17. The second-order valence-electron chi connectivity index (χ2n) is 3.90. The number of benzene rings is 1. The standard InChI is InChI=1S/C14H14N4/c1-12(2)18(11-14(8-15)9-16)17-10-13-6-4-3-5-7-13/h3-7,10-12H,1-2H3/b17-10+. The summed E-state index contributed by atoms with van der Waals surface area (Å²) in [4.78, 5) is 0. The van der Waals surface area contributed by atoms with Gasteiger partial charge in [-0.25, -0.2) is 0 Å². The first kappa shape index (κ1) is 13.5. The van der Waals surface area contributed by atoms with Crippen molar-refractivity contribution >= 4 is 6.21 Å². The highest BCUT2D eigenvalue weighted by atomic mass is 15.4. The highest BCUT2D eigenvalue weighted by Crippen LogP contribution is 2.04. The lowest BCUT2D eigenvalue weighted by Crippen LogP contribution is -2.20. The minimum Gasteiger partial charge on any atom is -0.268 e. The Kier molecular flexibility index (Phi) is 5.15. The average Bonchev–Trinajstić information content (AvgIpc) is 2.40. The molecule has 90 valence electrons. The van der Waals surface area contributed by atoms with Crippen molar-refractivity contribution < 1.29 is 0 Å². The van der Waals surface area contributed by atoms with Gasteiger partial charge < -0.3 is 0 Å². The van der Waals surface area contributed by atoms with E-state index in [0.29, 0.717) is 0 Å². The molecule has 0 radical (unpaired) electrons. The van der Waals surface area contributed by atoms with E-state index < -0.39 is 0 Å². The molecule has 0 aromatic heterocycles. The normalized spacial score (nSPS) is 9.83. The van der Waals surface area contributed by atoms with Crippen molar-refractivity contribution in [1.82, 2.24) is 5.01 Å². The Labute approximate surface area is 107 Å². The highest BCUT2D eigenvalue weighted by Gasteiger charge is 2.04. The van der Waals surface area contributed by atoms with Gasteiger partial charge in [0.25, 0.3) is 0 Å². The van der Waals surface area contributed by atoms with Gasteiger partial charge in [-0.05, 0) is 19.4 Å². The minimum atomic E-state index is 0.0360. The smallest absolute Gasteiger partial charge is 0.147 e. The molecule has 1 aromatic carbocycles. The topological polar surface area (TPSA) is 63.2 Å². The van der Waals surface area contributed by atoms with Crippen LogP contribution in [-0.2, 0) is 0 Å². The summed E-state index contributed by atoms with van der Waals surface area (Å²) in [6.07, 6.45) is 3.15. The lowest BCUT2D eigenvalue weighted by atomic mass is 10.2. The zero-order valence-electron chi connectivity index (χ0n) is 10.4. The maximum absolute atomic E-state index is 8.72. The molecule has 0 heterocycles. The van der Waals surface area contributed by atoms with Gasteiger partial charge in [0.15, 0.2) is 0 Å². The van der Waals surface area contributed by atoms with Gasteiger partial charge in [0, 0.05) is 6.04 Å². The van der Waals surface area contributed by atoms with E-state index in [-0.39, 0.29) is 11.6 Å². The van der Waals surface area contributed by atoms with Crippen LogP contribution in [-0.4, -0.2) is 17.3 Å². The zero-order chi connectivity index (χ0) is 13.4. The summed E-state index contributed by atoms with van der Waals surface area (Å²) in [6.45, 7) is 3.87. The van der Waals surface area contributed by atoms with Crippen LogP contribution in [0.4, 0.5) is 0 Å². The van der Waals surface area contributed by atoms with E-state index in [1.54, 1.807) is 11.2 Å². The second-order valence-corrected chi connectivity index (χ2v) is 3.90. The Morgan fingerprint density at radius 2 is 1.83 bits per heavy atom. The largest absolute Gasteiger partial charge is 0.268 e. The van der Waals surface area contributed by atoms with E-state index in [1.807, 2.05) is 56.3 Å². The molecule has 4 heteroatoms. The van der Waals surface area contributed by atoms with E-state index in [1.165, 1.54) is 6.20 Å². The van der Waals surface area contributed by atoms with Crippen molar-refractivity contribution in [1.29, 1.82) is 10.5 Å². The number of rotatable bonds is 4. The SMILES string of the molecule is CC(C)N(C=C(C#N)C#N)/N=C/c1ccccc1. The van der Waals surface area contributed by atoms with E-state index >= 15 is 0 Å². The molecule has 0 aliphatic heterocycles. The molecule has 0 atom stereocenters. The van der Waals surface area contributed by atoms with Crippen molar-refractivity contribution in [3.63, 3.8) is 0 Å². The summed E-state index contributed by atoms with van der Waals surface area (Å²) in [7, 11) is 0. The fourth-order valence-corrected chi connectivity index (χ4v) is 1.20. The number of allylic oxidation sites excluding steroid dienone is 1. The first-order valence-corrected chi connectivity index (χ1v) is 5.56. The van der Waals surface area contributed by atoms with Crippen LogP contribution in [0.25, 0.3) is 0 Å². The fourth-order valence-electron chi connectivity index (χ4n) is 1.20. The van der Waals surface area contributed by atoms with Crippen LogP contribution >= 0.6 is 0 Å². The molecule has 0 aliphatic rings. The number of hydrazone groups is 1. The number of nitriles is 2. The molecule has 0 bridgehead atoms. The monoisotopic (exact) mass is 238 g/mol. The summed E-state index contributed by atoms with van der Waals surface area (Å²) in [6, 6.07) is 13.4. The molecular formula is C14H14N4. The van der Waals surface area contributed by atoms with Gasteiger partial charge in [0.1, 0.15) is 17.7 Å². The van der Waals surface area contributed by atoms with Crippen LogP contribution in [0.5, 0.6) is 0 Å². The minimum absolute atomic E-state index is 0.0360. The molecule has 1 rings (SSSR count). The van der Waals surface area contributed by atoms with E-state index in [0.717, 1.165) is 5.56 Å². The van der Waals surface area contributed by atoms with Gasteiger partial charge in [-0.1, -0.05) is 30.3 Å². The lowest BCUT2D eigenvalue weighted by Gasteiger charge is -2.18. The van der Waals surface area contributed by atoms with Gasteiger partial charge in [-0.15, -0.1) is 0 Å². The average molecular weight is 238 g/mol. The number of hydrogen-bond donors (Lipinski definition) is 0. The van der Waals surface area contributed by atoms with Crippen molar-refractivity contribution in [2.75, 3.05) is 0 Å². The predicted molar refractivity (Wildman–Crippen MR) is 70.3 cm³/mol. The summed E-state index contributed by atoms with van der Waals surface area (Å²) >= 11 is 0. The molecule has 0 unspecified atom stereocenters. The molecule has 1 aromatic rings. The Morgan fingerprint density at radius 1 is 1.22 bits per heavy atom. The maximum Gasteiger partial charge on any atom is 0.147 e. The maximum atomic E-state index is 8.72. The fraction of sp³-hybridized carbons (Fsp3) is 0.214. The molecule has 0 aliphatic carbocycles. The zero-order valence-corrected chi connectivity index (χ0v) is 10.4. The first-order valence-electron chi connectivity index (χ1n) is 5.56. The van der Waals surface area contributed by atoms with Crippen LogP contribution in [0.1, 0.15) is 19.4 Å². The molecule has 0 fully saturated rings. The van der Waals surface area contributed by atoms with Crippen LogP contribution < -0.4 is 0 Å². The number of hydrogen-bond acceptors (Lipinski definition) is 4. The van der Waals surface area contributed by atoms with Gasteiger partial charge in [-0.3, -0.25) is 5.01 Å². The Morgan fingerprint density at radius 3 is 2.33 bits per heavy atom. The summed E-state index contributed by atoms with van der Waals surface area (Å²) in [5, 5.41) is 23.3. The lowest BCUT2D eigenvalue weighted by molar-refractivity contribution is 0.328. The Bertz CT molecular complexity index is 499. The van der Waals surface area contributed by atoms with Gasteiger partial charge in [-0.2, -0.15) is 15.6 Å². The Balaban J connectivity index is 2.90. The van der Waals surface area contributed by atoms with Gasteiger partial charge in [0.2, 0.25) is 0 Å². The van der Waals surface area contributed by atoms with Crippen molar-refractivity contribution in [3.8, 4) is 12.1 Å². The first-order chi connectivity index (χ1) is 8.67. The van der Waals surface area contributed by atoms with Crippen LogP contribution in [0.15, 0.2) is 47.2 Å². The third-order valence-electron chi connectivity index (χ3n) is 2.17. The number of nitrogens with zero attached hydrogens (tertiary/aromatic N) is 4. The second kappa shape index (κ2) is 6.88. The van der Waals surface area contributed by atoms with E-state index in [2.05, 4.69) is 5.10 Å². The van der Waals surface area contributed by atoms with Crippen LogP contribution in [0.3, 0.4) is 0 Å². The molecule has 4 nitrogen and oxygen atoms in total. The van der Waals surface area contributed by atoms with Crippen LogP contribution in [0.2, 0.25) is 0 Å². The molecule has 0 N–H and O–H groups in total. The molecule has 0 saturated carbocycles. The van der Waals surface area contributed by atoms with Gasteiger partial charge in [0.05, 0.1) is 12.4 Å². The molecule has 0 spiro atoms. The summed E-state index contributed by atoms with van der Waals surface area (Å²) in [5.74, 6) is 0. The summed E-state index contributed by atoms with van der Waals surface area (Å²) < 4.78 is 0. The summed E-state index contributed by atoms with van der Waals surface area (Å²) in [5.41, 5.74) is 1.00. The van der Waals surface area contributed by atoms with Crippen molar-refractivity contribution in [2.45, 2.75) is 19.9 Å². The molecule has 18 heavy (non-hydrogen) atoms.